The summed E-state index contributed by atoms with van der Waals surface area (Å²) in [5.41, 5.74) is 3.68. The number of carbonyl (C=O) groups excluding carboxylic acids is 1. The quantitative estimate of drug-likeness (QED) is 0.0780. The standard InChI is InChI=1S/C31H32ClN7O8/c1-3-4-12-26-33-28(32)27(30(40)44-18-25-24(45-31(41)46-25)11-7-8-19(2)47-39(42)43)38(26)17-20-13-15-21(16-14-20)22-9-5-6-10-23(22)29-34-36-37-35-29/h5-6,9-10,13-16,19H,3-4,7-8,11-12,17-18H2,1-2H3,(H,34,35,36,37)/t19-/m0/s1. The summed E-state index contributed by atoms with van der Waals surface area (Å²) in [4.78, 5) is 44.8. The molecule has 246 valence electrons. The fraction of sp³-hybridized carbons (Fsp3) is 0.355. The number of esters is 1. The average molecular weight is 666 g/mol. The lowest BCUT2D eigenvalue weighted by molar-refractivity contribution is -0.767. The van der Waals surface area contributed by atoms with Crippen LogP contribution in [0.3, 0.4) is 0 Å². The second-order valence-electron chi connectivity index (χ2n) is 10.7. The Morgan fingerprint density at radius 3 is 2.53 bits per heavy atom. The highest BCUT2D eigenvalue weighted by molar-refractivity contribution is 6.32. The van der Waals surface area contributed by atoms with Gasteiger partial charge in [-0.2, -0.15) is 5.21 Å². The number of aryl methyl sites for hydroxylation is 2. The molecular formula is C31H32ClN7O8. The fourth-order valence-electron chi connectivity index (χ4n) is 5.12. The molecule has 0 aliphatic carbocycles. The number of H-pyrrole nitrogens is 1. The van der Waals surface area contributed by atoms with Gasteiger partial charge >= 0.3 is 11.8 Å². The molecule has 0 saturated heterocycles. The van der Waals surface area contributed by atoms with Crippen LogP contribution < -0.4 is 5.82 Å². The van der Waals surface area contributed by atoms with Gasteiger partial charge in [-0.3, -0.25) is 0 Å². The number of unbranched alkanes of at least 4 members (excludes halogenated alkanes) is 1. The van der Waals surface area contributed by atoms with Crippen LogP contribution in [0.2, 0.25) is 5.15 Å². The van der Waals surface area contributed by atoms with Gasteiger partial charge in [0.2, 0.25) is 5.82 Å². The van der Waals surface area contributed by atoms with Crippen molar-refractivity contribution >= 4 is 17.6 Å². The molecule has 5 rings (SSSR count). The van der Waals surface area contributed by atoms with E-state index in [1.807, 2.05) is 48.5 Å². The van der Waals surface area contributed by atoms with Crippen LogP contribution in [0.4, 0.5) is 0 Å². The number of nitrogens with zero attached hydrogens (tertiary/aromatic N) is 6. The highest BCUT2D eigenvalue weighted by Gasteiger charge is 2.25. The van der Waals surface area contributed by atoms with Crippen LogP contribution >= 0.6 is 11.6 Å². The molecular weight excluding hydrogens is 634 g/mol. The predicted molar refractivity (Wildman–Crippen MR) is 167 cm³/mol. The third-order valence-corrected chi connectivity index (χ3v) is 7.67. The van der Waals surface area contributed by atoms with Crippen LogP contribution in [0.1, 0.15) is 72.9 Å². The fourth-order valence-corrected chi connectivity index (χ4v) is 5.40. The van der Waals surface area contributed by atoms with Crippen molar-refractivity contribution in [1.29, 1.82) is 0 Å². The first-order chi connectivity index (χ1) is 22.7. The van der Waals surface area contributed by atoms with E-state index in [0.717, 1.165) is 35.1 Å². The van der Waals surface area contributed by atoms with Gasteiger partial charge in [0.15, 0.2) is 29.0 Å². The number of hydrogen-bond acceptors (Lipinski definition) is 12. The molecule has 0 aliphatic heterocycles. The Morgan fingerprint density at radius 1 is 1.09 bits per heavy atom. The van der Waals surface area contributed by atoms with Crippen LogP contribution in [0.5, 0.6) is 0 Å². The summed E-state index contributed by atoms with van der Waals surface area (Å²) >= 11 is 6.51. The Morgan fingerprint density at radius 2 is 1.83 bits per heavy atom. The van der Waals surface area contributed by atoms with Crippen LogP contribution in [-0.2, 0) is 35.6 Å². The van der Waals surface area contributed by atoms with Crippen molar-refractivity contribution in [2.24, 2.45) is 0 Å². The summed E-state index contributed by atoms with van der Waals surface area (Å²) in [5.74, 6) is -0.360. The zero-order chi connectivity index (χ0) is 33.3. The molecule has 0 fully saturated rings. The maximum atomic E-state index is 13.4. The zero-order valence-electron chi connectivity index (χ0n) is 25.7. The number of nitrogens with one attached hydrogen (secondary N) is 1. The van der Waals surface area contributed by atoms with Crippen molar-refractivity contribution in [3.05, 3.63) is 103 Å². The second-order valence-corrected chi connectivity index (χ2v) is 11.1. The molecule has 0 saturated carbocycles. The van der Waals surface area contributed by atoms with Gasteiger partial charge in [-0.25, -0.2) is 14.6 Å². The molecule has 0 unspecified atom stereocenters. The summed E-state index contributed by atoms with van der Waals surface area (Å²) in [6, 6.07) is 15.6. The highest BCUT2D eigenvalue weighted by atomic mass is 35.5. The van der Waals surface area contributed by atoms with Crippen LogP contribution in [0.25, 0.3) is 22.5 Å². The van der Waals surface area contributed by atoms with Crippen molar-refractivity contribution in [2.45, 2.75) is 71.6 Å². The molecule has 2 aromatic carbocycles. The molecule has 16 heteroatoms. The maximum absolute atomic E-state index is 13.4. The summed E-state index contributed by atoms with van der Waals surface area (Å²) < 4.78 is 17.5. The minimum absolute atomic E-state index is 0.000380. The molecule has 15 nitrogen and oxygen atoms in total. The molecule has 1 atom stereocenters. The Labute approximate surface area is 273 Å². The van der Waals surface area contributed by atoms with E-state index in [2.05, 4.69) is 37.4 Å². The Balaban J connectivity index is 1.32. The van der Waals surface area contributed by atoms with Gasteiger partial charge in [-0.15, -0.1) is 20.3 Å². The highest BCUT2D eigenvalue weighted by Crippen LogP contribution is 2.30. The number of imidazole rings is 1. The third-order valence-electron chi connectivity index (χ3n) is 7.41. The van der Waals surface area contributed by atoms with E-state index in [-0.39, 0.29) is 35.4 Å². The van der Waals surface area contributed by atoms with E-state index in [1.54, 1.807) is 11.5 Å². The second kappa shape index (κ2) is 15.3. The van der Waals surface area contributed by atoms with Gasteiger partial charge in [-0.1, -0.05) is 73.5 Å². The number of aromatic nitrogens is 6. The van der Waals surface area contributed by atoms with Gasteiger partial charge in [0.25, 0.3) is 5.09 Å². The molecule has 3 aromatic heterocycles. The first-order valence-electron chi connectivity index (χ1n) is 15.0. The number of aromatic amines is 1. The lowest BCUT2D eigenvalue weighted by atomic mass is 9.98. The topological polar surface area (TPSA) is 194 Å². The minimum atomic E-state index is -0.950. The lowest BCUT2D eigenvalue weighted by Crippen LogP contribution is -2.16. The molecule has 5 aromatic rings. The maximum Gasteiger partial charge on any atom is 0.519 e. The van der Waals surface area contributed by atoms with Crippen molar-refractivity contribution < 1.29 is 28.3 Å². The zero-order valence-corrected chi connectivity index (χ0v) is 26.4. The van der Waals surface area contributed by atoms with E-state index in [4.69, 9.17) is 25.2 Å². The Bertz CT molecular complexity index is 1870. The molecule has 0 spiro atoms. The number of benzene rings is 2. The SMILES string of the molecule is CCCCc1nc(Cl)c(C(=O)OCc2oc(=O)oc2CCC[C@H](C)O[N+](=O)[O-])n1Cc1ccc(-c2ccccc2-c2nn[nH]n2)cc1. The average Bonchev–Trinajstić information content (AvgIpc) is 3.78. The Hall–Kier alpha value is -5.31. The monoisotopic (exact) mass is 665 g/mol. The number of hydrogen-bond donors (Lipinski definition) is 1. The summed E-state index contributed by atoms with van der Waals surface area (Å²) in [6.45, 7) is 3.53. The minimum Gasteiger partial charge on any atom is -0.453 e. The normalized spacial score (nSPS) is 11.8. The van der Waals surface area contributed by atoms with Gasteiger partial charge in [0, 0.05) is 24.9 Å². The van der Waals surface area contributed by atoms with E-state index >= 15 is 0 Å². The molecule has 0 radical (unpaired) electrons. The molecule has 1 N–H and O–H groups in total. The Kier molecular flexibility index (Phi) is 10.8. The van der Waals surface area contributed by atoms with E-state index in [1.165, 1.54) is 0 Å². The largest absolute Gasteiger partial charge is 0.519 e. The number of rotatable bonds is 16. The van der Waals surface area contributed by atoms with Crippen molar-refractivity contribution in [2.75, 3.05) is 0 Å². The van der Waals surface area contributed by atoms with Crippen LogP contribution in [0.15, 0.2) is 62.2 Å². The number of halogens is 1. The molecule has 0 aliphatic rings. The van der Waals surface area contributed by atoms with E-state index in [0.29, 0.717) is 37.5 Å². The van der Waals surface area contributed by atoms with E-state index in [9.17, 15) is 19.7 Å². The summed E-state index contributed by atoms with van der Waals surface area (Å²) in [6.07, 6.45) is 2.66. The van der Waals surface area contributed by atoms with Crippen molar-refractivity contribution in [3.63, 3.8) is 0 Å². The third kappa shape index (κ3) is 8.30. The summed E-state index contributed by atoms with van der Waals surface area (Å²) in [7, 11) is 0. The first kappa shape index (κ1) is 33.1. The van der Waals surface area contributed by atoms with Gasteiger partial charge in [0.1, 0.15) is 11.9 Å². The van der Waals surface area contributed by atoms with Crippen molar-refractivity contribution in [1.82, 2.24) is 30.2 Å². The van der Waals surface area contributed by atoms with Gasteiger partial charge < -0.3 is 23.0 Å². The summed E-state index contributed by atoms with van der Waals surface area (Å²) in [5, 5.41) is 24.0. The smallest absolute Gasteiger partial charge is 0.453 e. The van der Waals surface area contributed by atoms with Crippen LogP contribution in [0, 0.1) is 10.1 Å². The van der Waals surface area contributed by atoms with Crippen molar-refractivity contribution in [3.8, 4) is 22.5 Å². The van der Waals surface area contributed by atoms with E-state index < -0.39 is 23.0 Å². The number of ether oxygens (including phenoxy) is 1. The number of tetrazole rings is 1. The first-order valence-corrected chi connectivity index (χ1v) is 15.4. The molecule has 47 heavy (non-hydrogen) atoms. The molecule has 3 heterocycles. The molecule has 0 bridgehead atoms. The lowest BCUT2D eigenvalue weighted by Gasteiger charge is -2.13. The molecule has 0 amide bonds. The van der Waals surface area contributed by atoms with Gasteiger partial charge in [0.05, 0.1) is 0 Å². The predicted octanol–water partition coefficient (Wildman–Crippen LogP) is 5.60. The number of carbonyl (C=O) groups is 1. The van der Waals surface area contributed by atoms with Crippen LogP contribution in [-0.4, -0.2) is 47.3 Å². The van der Waals surface area contributed by atoms with Gasteiger partial charge in [-0.05, 0) is 48.1 Å².